The van der Waals surface area contributed by atoms with Gasteiger partial charge >= 0.3 is 0 Å². The summed E-state index contributed by atoms with van der Waals surface area (Å²) in [7, 11) is 0. The van der Waals surface area contributed by atoms with Gasteiger partial charge in [-0.25, -0.2) is 4.98 Å². The molecule has 2 heterocycles. The van der Waals surface area contributed by atoms with Gasteiger partial charge in [0.25, 0.3) is 0 Å². The fourth-order valence-electron chi connectivity index (χ4n) is 3.04. The highest BCUT2D eigenvalue weighted by Crippen LogP contribution is 2.26. The number of thioether (sulfide) groups is 1. The van der Waals surface area contributed by atoms with Crippen LogP contribution in [0.3, 0.4) is 0 Å². The number of rotatable bonds is 6. The van der Waals surface area contributed by atoms with Crippen LogP contribution in [0.4, 0.5) is 0 Å². The molecule has 2 aromatic rings. The monoisotopic (exact) mass is 362 g/mol. The molecule has 1 aliphatic heterocycles. The molecule has 1 aromatic heterocycles. The molecular weight excluding hydrogens is 336 g/mol. The molecule has 0 radical (unpaired) electrons. The Morgan fingerprint density at radius 3 is 2.76 bits per heavy atom. The molecule has 3 rings (SSSR count). The van der Waals surface area contributed by atoms with Gasteiger partial charge in [0, 0.05) is 32.2 Å². The van der Waals surface area contributed by atoms with Crippen molar-refractivity contribution in [2.24, 2.45) is 0 Å². The summed E-state index contributed by atoms with van der Waals surface area (Å²) in [6, 6.07) is 5.81. The lowest BCUT2D eigenvalue weighted by Gasteiger charge is -2.35. The summed E-state index contributed by atoms with van der Waals surface area (Å²) in [6.45, 7) is 11.3. The number of H-pyrrole nitrogens is 1. The van der Waals surface area contributed by atoms with Crippen LogP contribution in [-0.4, -0.2) is 70.3 Å². The first kappa shape index (κ1) is 18.1. The number of carbonyl (C=O) groups excluding carboxylic acids is 1. The van der Waals surface area contributed by atoms with Gasteiger partial charge in [0.05, 0.1) is 22.9 Å². The molecule has 136 valence electrons. The van der Waals surface area contributed by atoms with E-state index in [-0.39, 0.29) is 11.2 Å². The van der Waals surface area contributed by atoms with E-state index in [4.69, 9.17) is 4.74 Å². The molecule has 0 saturated carbocycles. The van der Waals surface area contributed by atoms with E-state index in [2.05, 4.69) is 21.8 Å². The Labute approximate surface area is 152 Å². The second kappa shape index (κ2) is 8.10. The summed E-state index contributed by atoms with van der Waals surface area (Å²) in [4.78, 5) is 24.9. The number of nitrogens with one attached hydrogen (secondary N) is 1. The number of carbonyl (C=O) groups is 1. The van der Waals surface area contributed by atoms with E-state index in [1.165, 1.54) is 11.8 Å². The highest BCUT2D eigenvalue weighted by atomic mass is 32.2. The number of hydrogen-bond acceptors (Lipinski definition) is 5. The standard InChI is InChI=1S/C18H26N4O2S/c1-4-21-8-10-22(11-9-21)17(23)13(3)25-18-19-15-7-6-14(24-5-2)12-16(15)20-18/h6-7,12-13H,4-5,8-11H2,1-3H3,(H,19,20). The van der Waals surface area contributed by atoms with Crippen molar-refractivity contribution < 1.29 is 9.53 Å². The molecular formula is C18H26N4O2S. The van der Waals surface area contributed by atoms with E-state index in [0.717, 1.165) is 54.7 Å². The normalized spacial score (nSPS) is 17.0. The van der Waals surface area contributed by atoms with Crippen LogP contribution in [0.25, 0.3) is 11.0 Å². The van der Waals surface area contributed by atoms with E-state index in [1.807, 2.05) is 36.9 Å². The summed E-state index contributed by atoms with van der Waals surface area (Å²) in [5.74, 6) is 1.02. The summed E-state index contributed by atoms with van der Waals surface area (Å²) < 4.78 is 5.52. The predicted octanol–water partition coefficient (Wildman–Crippen LogP) is 2.61. The second-order valence-corrected chi connectivity index (χ2v) is 7.50. The average Bonchev–Trinajstić information content (AvgIpc) is 3.03. The molecule has 1 saturated heterocycles. The maximum Gasteiger partial charge on any atom is 0.235 e. The van der Waals surface area contributed by atoms with Crippen molar-refractivity contribution in [2.75, 3.05) is 39.3 Å². The fourth-order valence-corrected chi connectivity index (χ4v) is 3.94. The zero-order valence-electron chi connectivity index (χ0n) is 15.1. The maximum atomic E-state index is 12.7. The molecule has 1 fully saturated rings. The predicted molar refractivity (Wildman–Crippen MR) is 101 cm³/mol. The molecule has 0 bridgehead atoms. The number of likely N-dealkylation sites (N-methyl/N-ethyl adjacent to an activating group) is 1. The Balaban J connectivity index is 1.63. The van der Waals surface area contributed by atoms with Gasteiger partial charge in [-0.1, -0.05) is 18.7 Å². The smallest absolute Gasteiger partial charge is 0.235 e. The minimum absolute atomic E-state index is 0.153. The largest absolute Gasteiger partial charge is 0.494 e. The third kappa shape index (κ3) is 4.27. The third-order valence-corrected chi connectivity index (χ3v) is 5.48. The molecule has 0 aliphatic carbocycles. The molecule has 6 nitrogen and oxygen atoms in total. The van der Waals surface area contributed by atoms with Gasteiger partial charge in [0.15, 0.2) is 5.16 Å². The van der Waals surface area contributed by atoms with Crippen molar-refractivity contribution >= 4 is 28.7 Å². The number of aromatic nitrogens is 2. The number of fused-ring (bicyclic) bond motifs is 1. The van der Waals surface area contributed by atoms with E-state index in [1.54, 1.807) is 0 Å². The van der Waals surface area contributed by atoms with E-state index in [9.17, 15) is 4.79 Å². The molecule has 1 unspecified atom stereocenters. The molecule has 1 N–H and O–H groups in total. The Hall–Kier alpha value is -1.73. The van der Waals surface area contributed by atoms with E-state index >= 15 is 0 Å². The first-order chi connectivity index (χ1) is 12.1. The topological polar surface area (TPSA) is 61.5 Å². The van der Waals surface area contributed by atoms with Crippen molar-refractivity contribution in [3.8, 4) is 5.75 Å². The zero-order chi connectivity index (χ0) is 17.8. The van der Waals surface area contributed by atoms with Gasteiger partial charge in [-0.15, -0.1) is 0 Å². The number of amides is 1. The van der Waals surface area contributed by atoms with Gasteiger partial charge in [-0.3, -0.25) is 4.79 Å². The lowest BCUT2D eigenvalue weighted by molar-refractivity contribution is -0.132. The van der Waals surface area contributed by atoms with Crippen LogP contribution in [-0.2, 0) is 4.79 Å². The van der Waals surface area contributed by atoms with Crippen LogP contribution < -0.4 is 4.74 Å². The first-order valence-corrected chi connectivity index (χ1v) is 9.79. The molecule has 0 spiro atoms. The molecule has 7 heteroatoms. The zero-order valence-corrected chi connectivity index (χ0v) is 15.9. The van der Waals surface area contributed by atoms with Crippen LogP contribution in [0.5, 0.6) is 5.75 Å². The quantitative estimate of drug-likeness (QED) is 0.801. The van der Waals surface area contributed by atoms with Crippen LogP contribution in [0.2, 0.25) is 0 Å². The number of nitrogens with zero attached hydrogens (tertiary/aromatic N) is 3. The summed E-state index contributed by atoms with van der Waals surface area (Å²) >= 11 is 1.48. The minimum atomic E-state index is -0.153. The Morgan fingerprint density at radius 1 is 1.32 bits per heavy atom. The molecule has 1 atom stereocenters. The van der Waals surface area contributed by atoms with Crippen molar-refractivity contribution in [3.63, 3.8) is 0 Å². The van der Waals surface area contributed by atoms with E-state index in [0.29, 0.717) is 6.61 Å². The van der Waals surface area contributed by atoms with Crippen LogP contribution >= 0.6 is 11.8 Å². The highest BCUT2D eigenvalue weighted by Gasteiger charge is 2.25. The number of piperazine rings is 1. The second-order valence-electron chi connectivity index (χ2n) is 6.17. The van der Waals surface area contributed by atoms with Gasteiger partial charge < -0.3 is 19.5 Å². The summed E-state index contributed by atoms with van der Waals surface area (Å²) in [5, 5.41) is 0.622. The summed E-state index contributed by atoms with van der Waals surface area (Å²) in [5.41, 5.74) is 1.83. The third-order valence-electron chi connectivity index (χ3n) is 4.51. The Bertz CT molecular complexity index is 725. The van der Waals surface area contributed by atoms with Gasteiger partial charge in [0.1, 0.15) is 5.75 Å². The number of imidazole rings is 1. The van der Waals surface area contributed by atoms with Crippen molar-refractivity contribution in [3.05, 3.63) is 18.2 Å². The van der Waals surface area contributed by atoms with Crippen LogP contribution in [0.15, 0.2) is 23.4 Å². The lowest BCUT2D eigenvalue weighted by Crippen LogP contribution is -2.50. The molecule has 25 heavy (non-hydrogen) atoms. The minimum Gasteiger partial charge on any atom is -0.494 e. The molecule has 1 amide bonds. The fraction of sp³-hybridized carbons (Fsp3) is 0.556. The van der Waals surface area contributed by atoms with Crippen LogP contribution in [0, 0.1) is 0 Å². The van der Waals surface area contributed by atoms with Gasteiger partial charge in [0.2, 0.25) is 5.91 Å². The molecule has 1 aromatic carbocycles. The Kier molecular flexibility index (Phi) is 5.86. The highest BCUT2D eigenvalue weighted by molar-refractivity contribution is 8.00. The number of aromatic amines is 1. The number of ether oxygens (including phenoxy) is 1. The SMILES string of the molecule is CCOc1ccc2nc(SC(C)C(=O)N3CCN(CC)CC3)[nH]c2c1. The van der Waals surface area contributed by atoms with Crippen molar-refractivity contribution in [1.82, 2.24) is 19.8 Å². The average molecular weight is 362 g/mol. The van der Waals surface area contributed by atoms with Crippen molar-refractivity contribution in [2.45, 2.75) is 31.2 Å². The van der Waals surface area contributed by atoms with Crippen LogP contribution in [0.1, 0.15) is 20.8 Å². The molecule has 1 aliphatic rings. The maximum absolute atomic E-state index is 12.7. The number of benzene rings is 1. The number of hydrogen-bond donors (Lipinski definition) is 1. The van der Waals surface area contributed by atoms with E-state index < -0.39 is 0 Å². The Morgan fingerprint density at radius 2 is 2.08 bits per heavy atom. The first-order valence-electron chi connectivity index (χ1n) is 8.91. The van der Waals surface area contributed by atoms with Crippen molar-refractivity contribution in [1.29, 1.82) is 0 Å². The summed E-state index contributed by atoms with van der Waals surface area (Å²) in [6.07, 6.45) is 0. The van der Waals surface area contributed by atoms with Gasteiger partial charge in [-0.2, -0.15) is 0 Å². The lowest BCUT2D eigenvalue weighted by atomic mass is 10.3. The van der Waals surface area contributed by atoms with Gasteiger partial charge in [-0.05, 0) is 32.5 Å².